The van der Waals surface area contributed by atoms with Crippen molar-refractivity contribution in [1.82, 2.24) is 15.3 Å². The molecule has 46 heavy (non-hydrogen) atoms. The SMILES string of the molecule is CCCC(=O)c1cccc(F)c1COCC1CC(N2CCc3c(NC(=O)NCC)ncnc32)C2O[C@@H](/C=C/c3ccccc3)OC12. The number of amides is 2. The van der Waals surface area contributed by atoms with E-state index >= 15 is 0 Å². The molecule has 0 spiro atoms. The molecule has 2 aliphatic heterocycles. The summed E-state index contributed by atoms with van der Waals surface area (Å²) in [5.41, 5.74) is 2.59. The van der Waals surface area contributed by atoms with E-state index in [2.05, 4.69) is 25.5 Å². The van der Waals surface area contributed by atoms with Gasteiger partial charge in [-0.15, -0.1) is 0 Å². The number of benzene rings is 2. The Labute approximate surface area is 268 Å². The first-order valence-corrected chi connectivity index (χ1v) is 16.0. The van der Waals surface area contributed by atoms with Crippen LogP contribution < -0.4 is 15.5 Å². The number of carbonyl (C=O) groups is 2. The number of Topliss-reactive ketones (excluding diaryl/α,β-unsaturated/α-hetero) is 1. The Balaban J connectivity index is 1.21. The Kier molecular flexibility index (Phi) is 10.0. The maximum atomic E-state index is 14.9. The fraction of sp³-hybridized carbons (Fsp3) is 0.429. The maximum absolute atomic E-state index is 14.9. The van der Waals surface area contributed by atoms with Gasteiger partial charge in [0, 0.05) is 42.1 Å². The first-order valence-electron chi connectivity index (χ1n) is 16.0. The van der Waals surface area contributed by atoms with Gasteiger partial charge in [0.1, 0.15) is 29.9 Å². The largest absolute Gasteiger partial charge is 0.376 e. The standard InChI is InChI=1S/C35H40FN5O5/c1-3-9-29(42)24-12-8-13-27(36)26(24)20-44-19-23-18-28(32-31(23)45-30(46-32)15-14-22-10-6-5-7-11-22)41-17-16-25-33(38-21-39-34(25)41)40-35(43)37-4-2/h5-8,10-15,21,23,28,30-32H,3-4,9,16-20H2,1-2H3,(H2,37,38,39,40,43)/b15-14+/t23?,28?,30-,31?,32?/m0/s1. The molecule has 1 aliphatic carbocycles. The highest BCUT2D eigenvalue weighted by atomic mass is 19.1. The van der Waals surface area contributed by atoms with Gasteiger partial charge in [0.05, 0.1) is 25.4 Å². The third-order valence-corrected chi connectivity index (χ3v) is 8.78. The zero-order valence-electron chi connectivity index (χ0n) is 26.2. The number of ketones is 1. The number of anilines is 2. The van der Waals surface area contributed by atoms with Gasteiger partial charge in [-0.05, 0) is 43.9 Å². The molecule has 3 aromatic rings. The van der Waals surface area contributed by atoms with Crippen LogP contribution in [0.3, 0.4) is 0 Å². The molecule has 3 aliphatic rings. The number of ether oxygens (including phenoxy) is 3. The van der Waals surface area contributed by atoms with Gasteiger partial charge in [0.25, 0.3) is 0 Å². The number of urea groups is 1. The Bertz CT molecular complexity index is 1570. The predicted molar refractivity (Wildman–Crippen MR) is 172 cm³/mol. The van der Waals surface area contributed by atoms with Gasteiger partial charge in [0.15, 0.2) is 12.1 Å². The van der Waals surface area contributed by atoms with Crippen LogP contribution in [0.25, 0.3) is 6.08 Å². The third kappa shape index (κ3) is 6.81. The smallest absolute Gasteiger partial charge is 0.320 e. The number of rotatable bonds is 12. The molecule has 2 N–H and O–H groups in total. The molecule has 5 atom stereocenters. The van der Waals surface area contributed by atoms with Gasteiger partial charge in [0.2, 0.25) is 0 Å². The second kappa shape index (κ2) is 14.5. The second-order valence-corrected chi connectivity index (χ2v) is 11.8. The summed E-state index contributed by atoms with van der Waals surface area (Å²) in [6, 6.07) is 14.2. The van der Waals surface area contributed by atoms with Crippen molar-refractivity contribution < 1.29 is 28.2 Å². The molecule has 2 aromatic carbocycles. The summed E-state index contributed by atoms with van der Waals surface area (Å²) < 4.78 is 34.0. The lowest BCUT2D eigenvalue weighted by atomic mass is 10.0. The maximum Gasteiger partial charge on any atom is 0.320 e. The summed E-state index contributed by atoms with van der Waals surface area (Å²) in [6.45, 7) is 5.27. The fourth-order valence-corrected chi connectivity index (χ4v) is 6.68. The molecule has 1 aromatic heterocycles. The van der Waals surface area contributed by atoms with Crippen molar-refractivity contribution in [2.24, 2.45) is 5.92 Å². The summed E-state index contributed by atoms with van der Waals surface area (Å²) in [4.78, 5) is 36.1. The van der Waals surface area contributed by atoms with Gasteiger partial charge in [-0.3, -0.25) is 10.1 Å². The quantitative estimate of drug-likeness (QED) is 0.252. The molecule has 11 heteroatoms. The van der Waals surface area contributed by atoms with Crippen molar-refractivity contribution in [2.45, 2.75) is 70.7 Å². The van der Waals surface area contributed by atoms with E-state index in [1.54, 1.807) is 12.1 Å². The molecule has 0 bridgehead atoms. The lowest BCUT2D eigenvalue weighted by Gasteiger charge is -2.29. The number of halogens is 1. The van der Waals surface area contributed by atoms with E-state index in [9.17, 15) is 14.0 Å². The van der Waals surface area contributed by atoms with Gasteiger partial charge in [-0.1, -0.05) is 55.5 Å². The van der Waals surface area contributed by atoms with Crippen LogP contribution in [0.2, 0.25) is 0 Å². The number of fused-ring (bicyclic) bond motifs is 2. The first kappa shape index (κ1) is 31.8. The molecule has 10 nitrogen and oxygen atoms in total. The van der Waals surface area contributed by atoms with Crippen LogP contribution >= 0.6 is 0 Å². The molecule has 0 radical (unpaired) electrons. The van der Waals surface area contributed by atoms with Crippen LogP contribution in [-0.2, 0) is 27.2 Å². The minimum atomic E-state index is -0.548. The van der Waals surface area contributed by atoms with E-state index in [-0.39, 0.29) is 48.2 Å². The Hall–Kier alpha value is -4.19. The highest BCUT2D eigenvalue weighted by molar-refractivity contribution is 5.97. The average Bonchev–Trinajstić information content (AvgIpc) is 3.76. The molecule has 4 unspecified atom stereocenters. The fourth-order valence-electron chi connectivity index (χ4n) is 6.68. The van der Waals surface area contributed by atoms with Gasteiger partial charge in [-0.2, -0.15) is 0 Å². The number of carbonyl (C=O) groups excluding carboxylic acids is 2. The number of nitrogens with one attached hydrogen (secondary N) is 2. The topological polar surface area (TPSA) is 115 Å². The molecule has 1 saturated carbocycles. The number of nitrogens with zero attached hydrogens (tertiary/aromatic N) is 3. The Morgan fingerprint density at radius 3 is 2.72 bits per heavy atom. The van der Waals surface area contributed by atoms with Crippen LogP contribution in [-0.4, -0.2) is 66.0 Å². The van der Waals surface area contributed by atoms with Crippen LogP contribution in [0.5, 0.6) is 0 Å². The lowest BCUT2D eigenvalue weighted by molar-refractivity contribution is -0.0555. The minimum Gasteiger partial charge on any atom is -0.376 e. The normalized spacial score (nSPS) is 23.5. The lowest BCUT2D eigenvalue weighted by Crippen LogP contribution is -2.42. The number of hydrogen-bond donors (Lipinski definition) is 2. The summed E-state index contributed by atoms with van der Waals surface area (Å²) in [5, 5.41) is 5.59. The van der Waals surface area contributed by atoms with Crippen molar-refractivity contribution in [3.05, 3.63) is 89.0 Å². The summed E-state index contributed by atoms with van der Waals surface area (Å²) in [7, 11) is 0. The van der Waals surface area contributed by atoms with E-state index in [4.69, 9.17) is 14.2 Å². The molecular formula is C35H40FN5O5. The zero-order valence-corrected chi connectivity index (χ0v) is 26.2. The van der Waals surface area contributed by atoms with Crippen LogP contribution in [0.4, 0.5) is 20.8 Å². The molecule has 1 saturated heterocycles. The number of aromatic nitrogens is 2. The van der Waals surface area contributed by atoms with Gasteiger partial charge < -0.3 is 24.4 Å². The Morgan fingerprint density at radius 2 is 1.91 bits per heavy atom. The van der Waals surface area contributed by atoms with Crippen molar-refractivity contribution >= 4 is 29.5 Å². The number of hydrogen-bond acceptors (Lipinski definition) is 8. The van der Waals surface area contributed by atoms with Crippen molar-refractivity contribution in [3.8, 4) is 0 Å². The van der Waals surface area contributed by atoms with E-state index < -0.39 is 12.1 Å². The van der Waals surface area contributed by atoms with E-state index in [0.29, 0.717) is 56.8 Å². The molecule has 2 fully saturated rings. The first-order chi connectivity index (χ1) is 22.5. The van der Waals surface area contributed by atoms with E-state index in [1.165, 1.54) is 12.4 Å². The van der Waals surface area contributed by atoms with E-state index in [1.807, 2.05) is 56.3 Å². The molecule has 3 heterocycles. The van der Waals surface area contributed by atoms with Crippen LogP contribution in [0, 0.1) is 11.7 Å². The second-order valence-electron chi connectivity index (χ2n) is 11.8. The van der Waals surface area contributed by atoms with Gasteiger partial charge >= 0.3 is 6.03 Å². The van der Waals surface area contributed by atoms with E-state index in [0.717, 1.165) is 16.9 Å². The van der Waals surface area contributed by atoms with Crippen LogP contribution in [0.1, 0.15) is 60.2 Å². The molecule has 242 valence electrons. The Morgan fingerprint density at radius 1 is 1.09 bits per heavy atom. The zero-order chi connectivity index (χ0) is 32.0. The summed E-state index contributed by atoms with van der Waals surface area (Å²) in [6.07, 6.45) is 6.70. The highest BCUT2D eigenvalue weighted by Gasteiger charge is 2.53. The summed E-state index contributed by atoms with van der Waals surface area (Å²) in [5.74, 6) is 0.687. The highest BCUT2D eigenvalue weighted by Crippen LogP contribution is 2.44. The minimum absolute atomic E-state index is 0.0111. The van der Waals surface area contributed by atoms with Crippen molar-refractivity contribution in [1.29, 1.82) is 0 Å². The van der Waals surface area contributed by atoms with Crippen LogP contribution in [0.15, 0.2) is 60.9 Å². The predicted octanol–water partition coefficient (Wildman–Crippen LogP) is 5.53. The molecule has 6 rings (SSSR count). The van der Waals surface area contributed by atoms with Gasteiger partial charge in [-0.25, -0.2) is 19.2 Å². The van der Waals surface area contributed by atoms with Crippen molar-refractivity contribution in [3.63, 3.8) is 0 Å². The molecule has 2 amide bonds. The van der Waals surface area contributed by atoms with Crippen molar-refractivity contribution in [2.75, 3.05) is 29.9 Å². The average molecular weight is 630 g/mol. The summed E-state index contributed by atoms with van der Waals surface area (Å²) >= 11 is 0. The third-order valence-electron chi connectivity index (χ3n) is 8.78. The monoisotopic (exact) mass is 629 g/mol. The molecular weight excluding hydrogens is 589 g/mol.